The molecule has 122 valence electrons. The maximum atomic E-state index is 13.7. The van der Waals surface area contributed by atoms with Crippen molar-refractivity contribution in [2.75, 3.05) is 11.9 Å². The second-order valence-electron chi connectivity index (χ2n) is 5.09. The maximum absolute atomic E-state index is 13.7. The Kier molecular flexibility index (Phi) is 5.20. The van der Waals surface area contributed by atoms with E-state index in [1.807, 2.05) is 0 Å². The van der Waals surface area contributed by atoms with Crippen LogP contribution in [0.15, 0.2) is 0 Å². The van der Waals surface area contributed by atoms with Crippen LogP contribution in [0.5, 0.6) is 0 Å². The number of anilines is 1. The van der Waals surface area contributed by atoms with E-state index in [1.165, 1.54) is 0 Å². The number of ether oxygens (including phenoxy) is 1. The number of carbonyl (C=O) groups is 1. The van der Waals surface area contributed by atoms with Crippen LogP contribution >= 0.6 is 0 Å². The Morgan fingerprint density at radius 1 is 1.18 bits per heavy atom. The topological polar surface area (TPSA) is 51.2 Å². The third kappa shape index (κ3) is 3.31. The molecule has 0 saturated heterocycles. The number of halogens is 4. The molecular weight excluding hydrogens is 304 g/mol. The van der Waals surface area contributed by atoms with Crippen LogP contribution in [0.25, 0.3) is 0 Å². The third-order valence-electron chi connectivity index (χ3n) is 3.68. The smallest absolute Gasteiger partial charge is 0.311 e. The van der Waals surface area contributed by atoms with Crippen molar-refractivity contribution in [3.05, 3.63) is 23.5 Å². The largest absolute Gasteiger partial charge is 0.466 e. The van der Waals surface area contributed by atoms with Gasteiger partial charge in [0.2, 0.25) is 11.6 Å². The summed E-state index contributed by atoms with van der Waals surface area (Å²) in [5.41, 5.74) is -0.939. The first-order valence-electron chi connectivity index (χ1n) is 7.08. The fraction of sp³-hybridized carbons (Fsp3) is 0.571. The molecule has 1 saturated carbocycles. The van der Waals surface area contributed by atoms with Crippen LogP contribution in [0.1, 0.15) is 32.6 Å². The lowest BCUT2D eigenvalue weighted by molar-refractivity contribution is -0.149. The van der Waals surface area contributed by atoms with Crippen molar-refractivity contribution in [3.63, 3.8) is 0 Å². The van der Waals surface area contributed by atoms with Crippen LogP contribution in [0.2, 0.25) is 0 Å². The molecule has 1 fully saturated rings. The van der Waals surface area contributed by atoms with Gasteiger partial charge in [0, 0.05) is 6.04 Å². The molecule has 8 heteroatoms. The monoisotopic (exact) mass is 320 g/mol. The minimum atomic E-state index is -1.73. The van der Waals surface area contributed by atoms with E-state index < -0.39 is 47.1 Å². The number of nitrogens with zero attached hydrogens (tertiary/aromatic N) is 1. The van der Waals surface area contributed by atoms with Crippen molar-refractivity contribution in [1.29, 1.82) is 0 Å². The van der Waals surface area contributed by atoms with Gasteiger partial charge in [-0.3, -0.25) is 4.79 Å². The molecule has 2 rings (SSSR count). The van der Waals surface area contributed by atoms with Gasteiger partial charge in [0.1, 0.15) is 5.69 Å². The van der Waals surface area contributed by atoms with Crippen molar-refractivity contribution in [3.8, 4) is 0 Å². The Morgan fingerprint density at radius 2 is 1.77 bits per heavy atom. The third-order valence-corrected chi connectivity index (χ3v) is 3.68. The highest BCUT2D eigenvalue weighted by atomic mass is 19.2. The molecule has 2 atom stereocenters. The van der Waals surface area contributed by atoms with Crippen LogP contribution < -0.4 is 5.32 Å². The van der Waals surface area contributed by atoms with Gasteiger partial charge >= 0.3 is 5.97 Å². The molecule has 1 aliphatic rings. The second kappa shape index (κ2) is 6.93. The van der Waals surface area contributed by atoms with Crippen LogP contribution in [0, 0.1) is 29.4 Å². The summed E-state index contributed by atoms with van der Waals surface area (Å²) < 4.78 is 58.5. The normalized spacial score (nSPS) is 21.5. The second-order valence-corrected chi connectivity index (χ2v) is 5.09. The fourth-order valence-electron chi connectivity index (χ4n) is 2.63. The van der Waals surface area contributed by atoms with E-state index in [0.29, 0.717) is 12.8 Å². The summed E-state index contributed by atoms with van der Waals surface area (Å²) in [6.07, 6.45) is 2.42. The maximum Gasteiger partial charge on any atom is 0.311 e. The molecule has 0 aromatic carbocycles. The summed E-state index contributed by atoms with van der Waals surface area (Å²) in [4.78, 5) is 14.4. The van der Waals surface area contributed by atoms with E-state index in [2.05, 4.69) is 10.3 Å². The van der Waals surface area contributed by atoms with Crippen molar-refractivity contribution < 1.29 is 27.1 Å². The van der Waals surface area contributed by atoms with Crippen LogP contribution in [-0.2, 0) is 9.53 Å². The van der Waals surface area contributed by atoms with Crippen molar-refractivity contribution in [2.24, 2.45) is 5.92 Å². The van der Waals surface area contributed by atoms with Gasteiger partial charge in [0.05, 0.1) is 12.5 Å². The summed E-state index contributed by atoms with van der Waals surface area (Å²) in [7, 11) is 0. The zero-order valence-electron chi connectivity index (χ0n) is 12.0. The summed E-state index contributed by atoms with van der Waals surface area (Å²) in [6.45, 7) is 1.83. The number of rotatable bonds is 4. The van der Waals surface area contributed by atoms with Gasteiger partial charge in [-0.1, -0.05) is 12.8 Å². The predicted molar refractivity (Wildman–Crippen MR) is 70.1 cm³/mol. The molecule has 1 heterocycles. The summed E-state index contributed by atoms with van der Waals surface area (Å²) >= 11 is 0. The SMILES string of the molecule is CCOC(=O)C1CCCCC1Nc1c(F)c(F)nc(F)c1F. The zero-order chi connectivity index (χ0) is 16.3. The first-order chi connectivity index (χ1) is 10.5. The number of nitrogens with one attached hydrogen (secondary N) is 1. The molecule has 0 bridgehead atoms. The van der Waals surface area contributed by atoms with E-state index in [0.717, 1.165) is 12.8 Å². The average molecular weight is 320 g/mol. The number of aromatic nitrogens is 1. The van der Waals surface area contributed by atoms with Gasteiger partial charge in [-0.15, -0.1) is 0 Å². The minimum absolute atomic E-state index is 0.184. The Morgan fingerprint density at radius 3 is 2.36 bits per heavy atom. The summed E-state index contributed by atoms with van der Waals surface area (Å²) in [5.74, 6) is -7.78. The standard InChI is InChI=1S/C14H16F4N2O2/c1-2-22-14(21)7-5-3-4-6-8(7)19-11-9(15)12(17)20-13(18)10(11)16/h7-8H,2-6H2,1H3,(H,19,20). The number of carbonyl (C=O) groups excluding carboxylic acids is 1. The molecule has 2 unspecified atom stereocenters. The van der Waals surface area contributed by atoms with E-state index in [9.17, 15) is 22.4 Å². The minimum Gasteiger partial charge on any atom is -0.466 e. The molecule has 0 aliphatic heterocycles. The molecule has 0 radical (unpaired) electrons. The number of esters is 1. The molecule has 0 spiro atoms. The highest BCUT2D eigenvalue weighted by Gasteiger charge is 2.34. The lowest BCUT2D eigenvalue weighted by atomic mass is 9.84. The molecular formula is C14H16F4N2O2. The highest BCUT2D eigenvalue weighted by Crippen LogP contribution is 2.31. The van der Waals surface area contributed by atoms with E-state index in [1.54, 1.807) is 6.92 Å². The quantitative estimate of drug-likeness (QED) is 0.526. The summed E-state index contributed by atoms with van der Waals surface area (Å²) in [6, 6.07) is -0.655. The zero-order valence-corrected chi connectivity index (χ0v) is 12.0. The molecule has 1 aliphatic carbocycles. The lowest BCUT2D eigenvalue weighted by Crippen LogP contribution is -2.38. The molecule has 0 amide bonds. The van der Waals surface area contributed by atoms with Crippen LogP contribution in [-0.4, -0.2) is 23.6 Å². The van der Waals surface area contributed by atoms with Gasteiger partial charge in [-0.05, 0) is 19.8 Å². The number of hydrogen-bond donors (Lipinski definition) is 1. The Balaban J connectivity index is 2.26. The molecule has 1 N–H and O–H groups in total. The fourth-order valence-corrected chi connectivity index (χ4v) is 2.63. The highest BCUT2D eigenvalue weighted by molar-refractivity contribution is 5.74. The van der Waals surface area contributed by atoms with E-state index in [4.69, 9.17) is 4.74 Å². The van der Waals surface area contributed by atoms with Crippen molar-refractivity contribution >= 4 is 11.7 Å². The first kappa shape index (κ1) is 16.5. The Bertz CT molecular complexity index is 542. The van der Waals surface area contributed by atoms with Crippen molar-refractivity contribution in [1.82, 2.24) is 4.98 Å². The van der Waals surface area contributed by atoms with E-state index in [-0.39, 0.29) is 6.61 Å². The Labute approximate surface area is 124 Å². The molecule has 22 heavy (non-hydrogen) atoms. The van der Waals surface area contributed by atoms with Gasteiger partial charge in [-0.25, -0.2) is 0 Å². The average Bonchev–Trinajstić information content (AvgIpc) is 2.50. The Hall–Kier alpha value is -1.86. The number of pyridine rings is 1. The first-order valence-corrected chi connectivity index (χ1v) is 7.08. The van der Waals surface area contributed by atoms with Crippen LogP contribution in [0.3, 0.4) is 0 Å². The van der Waals surface area contributed by atoms with Gasteiger partial charge in [-0.2, -0.15) is 22.5 Å². The number of hydrogen-bond acceptors (Lipinski definition) is 4. The molecule has 1 aromatic rings. The van der Waals surface area contributed by atoms with Crippen LogP contribution in [0.4, 0.5) is 23.2 Å². The summed E-state index contributed by atoms with van der Waals surface area (Å²) in [5, 5.41) is 2.42. The lowest BCUT2D eigenvalue weighted by Gasteiger charge is -2.31. The van der Waals surface area contributed by atoms with E-state index >= 15 is 0 Å². The van der Waals surface area contributed by atoms with Crippen molar-refractivity contribution in [2.45, 2.75) is 38.6 Å². The van der Waals surface area contributed by atoms with Gasteiger partial charge in [0.25, 0.3) is 11.9 Å². The molecule has 1 aromatic heterocycles. The predicted octanol–water partition coefficient (Wildman–Crippen LogP) is 3.17. The van der Waals surface area contributed by atoms with Gasteiger partial charge in [0.15, 0.2) is 0 Å². The molecule has 4 nitrogen and oxygen atoms in total. The van der Waals surface area contributed by atoms with Gasteiger partial charge < -0.3 is 10.1 Å².